The molecule has 0 aliphatic carbocycles. The van der Waals surface area contributed by atoms with Crippen LogP contribution in [0.15, 0.2) is 53.9 Å². The maximum atomic E-state index is 14.1. The maximum absolute atomic E-state index is 14.1. The Hall–Kier alpha value is -3.43. The molecule has 2 aliphatic heterocycles. The van der Waals surface area contributed by atoms with E-state index in [1.165, 1.54) is 10.9 Å². The molecule has 0 spiro atoms. The van der Waals surface area contributed by atoms with E-state index in [0.29, 0.717) is 43.2 Å². The number of carbonyl (C=O) groups is 2. The van der Waals surface area contributed by atoms with Crippen LogP contribution in [-0.4, -0.2) is 80.0 Å². The van der Waals surface area contributed by atoms with Crippen LogP contribution >= 0.6 is 11.3 Å². The van der Waals surface area contributed by atoms with Crippen LogP contribution in [0.25, 0.3) is 0 Å². The minimum Gasteiger partial charge on any atom is -0.497 e. The van der Waals surface area contributed by atoms with E-state index in [1.54, 1.807) is 60.8 Å². The first-order valence-electron chi connectivity index (χ1n) is 12.3. The van der Waals surface area contributed by atoms with E-state index in [2.05, 4.69) is 16.3 Å². The van der Waals surface area contributed by atoms with Gasteiger partial charge >= 0.3 is 0 Å². The summed E-state index contributed by atoms with van der Waals surface area (Å²) < 4.78 is 24.7. The van der Waals surface area contributed by atoms with E-state index in [1.807, 2.05) is 11.0 Å². The number of benzene rings is 2. The Kier molecular flexibility index (Phi) is 7.43. The lowest BCUT2D eigenvalue weighted by Crippen LogP contribution is -2.53. The fourth-order valence-corrected chi connectivity index (χ4v) is 6.06. The zero-order valence-corrected chi connectivity index (χ0v) is 21.8. The fraction of sp³-hybridized carbons (Fsp3) is 0.357. The molecule has 1 saturated heterocycles. The number of methoxy groups -OCH3 is 2. The number of nitrogens with zero attached hydrogens (tertiary/aromatic N) is 3. The minimum atomic E-state index is -0.277. The summed E-state index contributed by atoms with van der Waals surface area (Å²) in [6.07, 6.45) is 0.873. The zero-order valence-electron chi connectivity index (χ0n) is 21.0. The Morgan fingerprint density at radius 2 is 1.65 bits per heavy atom. The predicted octanol–water partition coefficient (Wildman–Crippen LogP) is 3.84. The predicted molar refractivity (Wildman–Crippen MR) is 140 cm³/mol. The molecule has 5 rings (SSSR count). The summed E-state index contributed by atoms with van der Waals surface area (Å²) in [5.74, 6) is 0.742. The minimum absolute atomic E-state index is 0.0234. The summed E-state index contributed by atoms with van der Waals surface area (Å²) >= 11 is 1.71. The summed E-state index contributed by atoms with van der Waals surface area (Å²) in [5.41, 5.74) is 2.50. The molecule has 1 aromatic heterocycles. The van der Waals surface area contributed by atoms with Gasteiger partial charge < -0.3 is 19.3 Å². The van der Waals surface area contributed by atoms with Crippen LogP contribution in [0.3, 0.4) is 0 Å². The molecular weight excluding hydrogens is 493 g/mol. The van der Waals surface area contributed by atoms with Gasteiger partial charge in [-0.25, -0.2) is 4.39 Å². The number of hydrogen-bond acceptors (Lipinski definition) is 6. The van der Waals surface area contributed by atoms with Crippen LogP contribution in [0.1, 0.15) is 32.4 Å². The van der Waals surface area contributed by atoms with E-state index in [0.717, 1.165) is 24.1 Å². The van der Waals surface area contributed by atoms with Crippen molar-refractivity contribution >= 4 is 23.2 Å². The summed E-state index contributed by atoms with van der Waals surface area (Å²) in [4.78, 5) is 33.5. The highest BCUT2D eigenvalue weighted by Gasteiger charge is 2.33. The van der Waals surface area contributed by atoms with Crippen LogP contribution in [0.4, 0.5) is 4.39 Å². The number of fused-ring (bicyclic) bond motifs is 1. The number of carbonyl (C=O) groups excluding carboxylic acids is 2. The number of ether oxygens (including phenoxy) is 2. The molecule has 2 aliphatic rings. The highest BCUT2D eigenvalue weighted by atomic mass is 32.1. The quantitative estimate of drug-likeness (QED) is 0.492. The normalized spacial score (nSPS) is 17.9. The molecule has 3 heterocycles. The molecule has 2 aromatic carbocycles. The zero-order chi connectivity index (χ0) is 25.9. The first-order chi connectivity index (χ1) is 18.0. The van der Waals surface area contributed by atoms with E-state index in [-0.39, 0.29) is 30.2 Å². The van der Waals surface area contributed by atoms with Crippen LogP contribution in [0, 0.1) is 5.82 Å². The molecule has 0 radical (unpaired) electrons. The summed E-state index contributed by atoms with van der Waals surface area (Å²) in [5, 5.41) is 2.07. The molecule has 3 aromatic rings. The smallest absolute Gasteiger partial charge is 0.254 e. The molecule has 37 heavy (non-hydrogen) atoms. The van der Waals surface area contributed by atoms with Crippen molar-refractivity contribution in [2.24, 2.45) is 0 Å². The number of rotatable bonds is 6. The monoisotopic (exact) mass is 523 g/mol. The Labute approximate surface area is 220 Å². The summed E-state index contributed by atoms with van der Waals surface area (Å²) in [6, 6.07) is 13.7. The van der Waals surface area contributed by atoms with Gasteiger partial charge in [-0.3, -0.25) is 14.5 Å². The third kappa shape index (κ3) is 5.33. The summed E-state index contributed by atoms with van der Waals surface area (Å²) in [7, 11) is 3.10. The van der Waals surface area contributed by atoms with Crippen molar-refractivity contribution in [1.82, 2.24) is 14.7 Å². The molecule has 194 valence electrons. The molecule has 7 nitrogen and oxygen atoms in total. The van der Waals surface area contributed by atoms with Gasteiger partial charge in [0.1, 0.15) is 17.3 Å². The highest BCUT2D eigenvalue weighted by Crippen LogP contribution is 2.37. The fourth-order valence-electron chi connectivity index (χ4n) is 5.15. The number of piperazine rings is 1. The average molecular weight is 524 g/mol. The number of halogens is 1. The van der Waals surface area contributed by atoms with Gasteiger partial charge in [0.15, 0.2) is 0 Å². The Bertz CT molecular complexity index is 1270. The molecule has 0 saturated carbocycles. The van der Waals surface area contributed by atoms with Gasteiger partial charge in [0.2, 0.25) is 5.91 Å². The molecule has 0 bridgehead atoms. The first kappa shape index (κ1) is 25.2. The Balaban J connectivity index is 1.25. The second-order valence-electron chi connectivity index (χ2n) is 9.25. The molecule has 1 unspecified atom stereocenters. The van der Waals surface area contributed by atoms with E-state index >= 15 is 0 Å². The van der Waals surface area contributed by atoms with Gasteiger partial charge in [0.25, 0.3) is 5.91 Å². The Morgan fingerprint density at radius 1 is 0.946 bits per heavy atom. The van der Waals surface area contributed by atoms with Crippen molar-refractivity contribution in [2.45, 2.75) is 12.5 Å². The standard InChI is InChI=1S/C28H30FN3O4S/c1-35-22-15-20(16-23(17-22)36-2)28(34)31-11-9-30(10-12-31)26(33)18-32-8-6-25-24(7-13-37-25)27(32)19-4-3-5-21(29)14-19/h3-5,7,13-17,27H,6,8-12,18H2,1-2H3. The average Bonchev–Trinajstić information content (AvgIpc) is 3.41. The number of thiophene rings is 1. The molecular formula is C28H30FN3O4S. The number of amides is 2. The summed E-state index contributed by atoms with van der Waals surface area (Å²) in [6.45, 7) is 2.81. The molecule has 0 N–H and O–H groups in total. The van der Waals surface area contributed by atoms with Crippen molar-refractivity contribution in [3.8, 4) is 11.5 Å². The topological polar surface area (TPSA) is 62.3 Å². The van der Waals surface area contributed by atoms with Crippen molar-refractivity contribution in [3.05, 3.63) is 81.3 Å². The van der Waals surface area contributed by atoms with E-state index < -0.39 is 0 Å². The van der Waals surface area contributed by atoms with E-state index in [9.17, 15) is 14.0 Å². The SMILES string of the molecule is COc1cc(OC)cc(C(=O)N2CCN(C(=O)CN3CCc4sccc4C3c3cccc(F)c3)CC2)c1. The Morgan fingerprint density at radius 3 is 2.32 bits per heavy atom. The van der Waals surface area contributed by atoms with Crippen molar-refractivity contribution in [3.63, 3.8) is 0 Å². The second kappa shape index (κ2) is 10.9. The lowest BCUT2D eigenvalue weighted by molar-refractivity contribution is -0.134. The molecule has 2 amide bonds. The van der Waals surface area contributed by atoms with Crippen molar-refractivity contribution < 1.29 is 23.5 Å². The molecule has 9 heteroatoms. The van der Waals surface area contributed by atoms with Gasteiger partial charge in [-0.1, -0.05) is 12.1 Å². The lowest BCUT2D eigenvalue weighted by Gasteiger charge is -2.39. The maximum Gasteiger partial charge on any atom is 0.254 e. The van der Waals surface area contributed by atoms with Gasteiger partial charge in [-0.05, 0) is 53.3 Å². The first-order valence-corrected chi connectivity index (χ1v) is 13.2. The second-order valence-corrected chi connectivity index (χ2v) is 10.3. The van der Waals surface area contributed by atoms with E-state index in [4.69, 9.17) is 9.47 Å². The third-order valence-electron chi connectivity index (χ3n) is 7.09. The lowest BCUT2D eigenvalue weighted by atomic mass is 9.93. The van der Waals surface area contributed by atoms with Crippen LogP contribution in [-0.2, 0) is 11.2 Å². The van der Waals surface area contributed by atoms with Gasteiger partial charge in [0, 0.05) is 49.2 Å². The van der Waals surface area contributed by atoms with Crippen LogP contribution < -0.4 is 9.47 Å². The van der Waals surface area contributed by atoms with Gasteiger partial charge in [0.05, 0.1) is 26.8 Å². The van der Waals surface area contributed by atoms with Crippen molar-refractivity contribution in [2.75, 3.05) is 53.5 Å². The molecule has 1 atom stereocenters. The largest absolute Gasteiger partial charge is 0.497 e. The van der Waals surface area contributed by atoms with Gasteiger partial charge in [-0.15, -0.1) is 11.3 Å². The molecule has 1 fully saturated rings. The van der Waals surface area contributed by atoms with Gasteiger partial charge in [-0.2, -0.15) is 0 Å². The third-order valence-corrected chi connectivity index (χ3v) is 8.08. The van der Waals surface area contributed by atoms with Crippen LogP contribution in [0.5, 0.6) is 11.5 Å². The van der Waals surface area contributed by atoms with Crippen molar-refractivity contribution in [1.29, 1.82) is 0 Å². The number of hydrogen-bond donors (Lipinski definition) is 0. The van der Waals surface area contributed by atoms with Crippen LogP contribution in [0.2, 0.25) is 0 Å². The highest BCUT2D eigenvalue weighted by molar-refractivity contribution is 7.10.